The van der Waals surface area contributed by atoms with Crippen molar-refractivity contribution in [3.8, 4) is 6.01 Å². The van der Waals surface area contributed by atoms with Crippen molar-refractivity contribution in [3.63, 3.8) is 0 Å². The van der Waals surface area contributed by atoms with Gasteiger partial charge in [0.25, 0.3) is 0 Å². The van der Waals surface area contributed by atoms with Crippen LogP contribution in [0.3, 0.4) is 0 Å². The maximum absolute atomic E-state index is 12.5. The predicted octanol–water partition coefficient (Wildman–Crippen LogP) is 3.35. The van der Waals surface area contributed by atoms with Crippen molar-refractivity contribution >= 4 is 29.6 Å². The van der Waals surface area contributed by atoms with Gasteiger partial charge in [0.15, 0.2) is 0 Å². The Morgan fingerprint density at radius 3 is 2.20 bits per heavy atom. The lowest BCUT2D eigenvalue weighted by Crippen LogP contribution is -2.46. The average molecular weight is 446 g/mol. The molecule has 2 N–H and O–H groups in total. The van der Waals surface area contributed by atoms with Gasteiger partial charge >= 0.3 is 18.1 Å². The highest BCUT2D eigenvalue weighted by Gasteiger charge is 2.28. The maximum Gasteiger partial charge on any atom is 0.408 e. The number of anilines is 1. The summed E-state index contributed by atoms with van der Waals surface area (Å²) < 4.78 is 15.6. The first-order valence-corrected chi connectivity index (χ1v) is 10.1. The number of amides is 1. The van der Waals surface area contributed by atoms with Crippen molar-refractivity contribution in [1.29, 1.82) is 0 Å². The van der Waals surface area contributed by atoms with Crippen LogP contribution in [0.25, 0.3) is 0 Å². The zero-order valence-electron chi connectivity index (χ0n) is 18.7. The summed E-state index contributed by atoms with van der Waals surface area (Å²) in [6.07, 6.45) is 1.03. The highest BCUT2D eigenvalue weighted by atomic mass is 35.5. The Morgan fingerprint density at radius 2 is 1.63 bits per heavy atom. The third kappa shape index (κ3) is 11.0. The van der Waals surface area contributed by atoms with E-state index in [1.807, 2.05) is 0 Å². The molecular formula is C19H32ClN5O5. The normalized spacial score (nSPS) is 12.7. The van der Waals surface area contributed by atoms with E-state index in [9.17, 15) is 9.59 Å². The van der Waals surface area contributed by atoms with Crippen LogP contribution in [-0.4, -0.2) is 57.9 Å². The molecule has 30 heavy (non-hydrogen) atoms. The lowest BCUT2D eigenvalue weighted by Gasteiger charge is -2.26. The van der Waals surface area contributed by atoms with E-state index in [0.717, 1.165) is 0 Å². The highest BCUT2D eigenvalue weighted by molar-refractivity contribution is 6.28. The van der Waals surface area contributed by atoms with E-state index >= 15 is 0 Å². The Hall–Kier alpha value is -2.36. The summed E-state index contributed by atoms with van der Waals surface area (Å²) in [5.41, 5.74) is -1.33. The molecule has 1 rings (SSSR count). The van der Waals surface area contributed by atoms with Crippen LogP contribution in [0.5, 0.6) is 6.01 Å². The molecule has 0 aromatic carbocycles. The van der Waals surface area contributed by atoms with Crippen molar-refractivity contribution in [2.75, 3.05) is 19.0 Å². The zero-order valence-corrected chi connectivity index (χ0v) is 19.4. The second-order valence-corrected chi connectivity index (χ2v) is 8.91. The number of alkyl carbamates (subject to hydrolysis) is 1. The molecule has 0 unspecified atom stereocenters. The molecular weight excluding hydrogens is 414 g/mol. The quantitative estimate of drug-likeness (QED) is 0.434. The number of hydrogen-bond acceptors (Lipinski definition) is 9. The van der Waals surface area contributed by atoms with E-state index in [2.05, 4.69) is 25.6 Å². The summed E-state index contributed by atoms with van der Waals surface area (Å²) >= 11 is 5.81. The summed E-state index contributed by atoms with van der Waals surface area (Å²) in [5, 5.41) is 5.65. The third-order valence-electron chi connectivity index (χ3n) is 3.36. The molecule has 10 nitrogen and oxygen atoms in total. The molecule has 0 aliphatic heterocycles. The van der Waals surface area contributed by atoms with Crippen LogP contribution in [0.4, 0.5) is 10.7 Å². The topological polar surface area (TPSA) is 125 Å². The fraction of sp³-hybridized carbons (Fsp3) is 0.737. The van der Waals surface area contributed by atoms with Gasteiger partial charge in [-0.2, -0.15) is 15.0 Å². The van der Waals surface area contributed by atoms with Gasteiger partial charge in [-0.05, 0) is 72.4 Å². The Kier molecular flexibility index (Phi) is 9.54. The number of esters is 1. The van der Waals surface area contributed by atoms with Crippen LogP contribution in [0.15, 0.2) is 0 Å². The minimum atomic E-state index is -0.814. The molecule has 0 aliphatic carbocycles. The number of unbranched alkanes of at least 4 members (excludes halogenated alkanes) is 1. The fourth-order valence-electron chi connectivity index (χ4n) is 2.25. The molecule has 170 valence electrons. The number of rotatable bonds is 9. The SMILES string of the molecule is COc1nc(Cl)nc(NCCCC[C@H](NC(=O)OC(C)(C)C)C(=O)OC(C)(C)C)n1. The molecule has 0 saturated carbocycles. The van der Waals surface area contributed by atoms with Gasteiger partial charge < -0.3 is 24.8 Å². The molecule has 0 radical (unpaired) electrons. The Morgan fingerprint density at radius 1 is 1.00 bits per heavy atom. The summed E-state index contributed by atoms with van der Waals surface area (Å²) in [5.74, 6) is -0.210. The first-order valence-electron chi connectivity index (χ1n) is 9.71. The lowest BCUT2D eigenvalue weighted by atomic mass is 10.1. The van der Waals surface area contributed by atoms with Gasteiger partial charge in [-0.3, -0.25) is 0 Å². The minimum absolute atomic E-state index is 0.0240. The van der Waals surface area contributed by atoms with E-state index in [0.29, 0.717) is 31.8 Å². The number of nitrogens with zero attached hydrogens (tertiary/aromatic N) is 3. The fourth-order valence-corrected chi connectivity index (χ4v) is 2.40. The number of carbonyl (C=O) groups excluding carboxylic acids is 2. The van der Waals surface area contributed by atoms with Crippen LogP contribution < -0.4 is 15.4 Å². The monoisotopic (exact) mass is 445 g/mol. The van der Waals surface area contributed by atoms with E-state index in [1.165, 1.54) is 7.11 Å². The lowest BCUT2D eigenvalue weighted by molar-refractivity contribution is -0.157. The number of aromatic nitrogens is 3. The highest BCUT2D eigenvalue weighted by Crippen LogP contribution is 2.14. The molecule has 0 saturated heterocycles. The van der Waals surface area contributed by atoms with Crippen molar-refractivity contribution < 1.29 is 23.8 Å². The van der Waals surface area contributed by atoms with E-state index in [4.69, 9.17) is 25.8 Å². The van der Waals surface area contributed by atoms with Crippen molar-refractivity contribution in [2.45, 2.75) is 78.0 Å². The molecule has 1 amide bonds. The van der Waals surface area contributed by atoms with Crippen LogP contribution in [-0.2, 0) is 14.3 Å². The van der Waals surface area contributed by atoms with Crippen LogP contribution in [0.2, 0.25) is 5.28 Å². The number of nitrogens with one attached hydrogen (secondary N) is 2. The number of hydrogen-bond donors (Lipinski definition) is 2. The van der Waals surface area contributed by atoms with Gasteiger partial charge in [0.2, 0.25) is 11.2 Å². The molecule has 11 heteroatoms. The largest absolute Gasteiger partial charge is 0.467 e. The van der Waals surface area contributed by atoms with Gasteiger partial charge in [-0.1, -0.05) is 0 Å². The Labute approximate surface area is 182 Å². The first-order chi connectivity index (χ1) is 13.8. The molecule has 1 heterocycles. The van der Waals surface area contributed by atoms with Gasteiger partial charge in [0, 0.05) is 6.54 Å². The third-order valence-corrected chi connectivity index (χ3v) is 3.52. The Balaban J connectivity index is 2.59. The summed E-state index contributed by atoms with van der Waals surface area (Å²) in [6.45, 7) is 11.1. The minimum Gasteiger partial charge on any atom is -0.467 e. The summed E-state index contributed by atoms with van der Waals surface area (Å²) in [7, 11) is 1.43. The van der Waals surface area contributed by atoms with Gasteiger partial charge in [-0.25, -0.2) is 9.59 Å². The smallest absolute Gasteiger partial charge is 0.408 e. The number of ether oxygens (including phenoxy) is 3. The number of methoxy groups -OCH3 is 1. The first kappa shape index (κ1) is 25.7. The van der Waals surface area contributed by atoms with Gasteiger partial charge in [0.05, 0.1) is 7.11 Å². The molecule has 0 bridgehead atoms. The van der Waals surface area contributed by atoms with E-state index in [-0.39, 0.29) is 11.3 Å². The van der Waals surface area contributed by atoms with Crippen LogP contribution in [0.1, 0.15) is 60.8 Å². The van der Waals surface area contributed by atoms with E-state index < -0.39 is 29.3 Å². The standard InChI is InChI=1S/C19H32ClN5O5/c1-18(2,3)29-13(26)12(22-17(27)30-19(4,5)6)10-8-9-11-21-15-23-14(20)24-16(25-15)28-7/h12H,8-11H2,1-7H3,(H,22,27)(H,21,23,24,25)/t12-/m0/s1. The molecule has 1 atom stereocenters. The van der Waals surface area contributed by atoms with Gasteiger partial charge in [-0.15, -0.1) is 0 Å². The van der Waals surface area contributed by atoms with Crippen molar-refractivity contribution in [2.24, 2.45) is 0 Å². The summed E-state index contributed by atoms with van der Waals surface area (Å²) in [4.78, 5) is 36.4. The molecule has 1 aromatic rings. The maximum atomic E-state index is 12.5. The summed E-state index contributed by atoms with van der Waals surface area (Å²) in [6, 6.07) is -0.699. The number of carbonyl (C=O) groups is 2. The average Bonchev–Trinajstić information content (AvgIpc) is 2.56. The van der Waals surface area contributed by atoms with Gasteiger partial charge in [0.1, 0.15) is 17.2 Å². The van der Waals surface area contributed by atoms with Crippen molar-refractivity contribution in [3.05, 3.63) is 5.28 Å². The second-order valence-electron chi connectivity index (χ2n) is 8.57. The molecule has 0 spiro atoms. The number of halogens is 1. The van der Waals surface area contributed by atoms with Crippen LogP contribution >= 0.6 is 11.6 Å². The zero-order chi connectivity index (χ0) is 22.9. The molecule has 0 fully saturated rings. The predicted molar refractivity (Wildman–Crippen MR) is 113 cm³/mol. The van der Waals surface area contributed by atoms with E-state index in [1.54, 1.807) is 41.5 Å². The molecule has 1 aromatic heterocycles. The Bertz CT molecular complexity index is 718. The van der Waals surface area contributed by atoms with Crippen LogP contribution in [0, 0.1) is 0 Å². The molecule has 0 aliphatic rings. The van der Waals surface area contributed by atoms with Crippen molar-refractivity contribution in [1.82, 2.24) is 20.3 Å². The second kappa shape index (κ2) is 11.1.